The van der Waals surface area contributed by atoms with Gasteiger partial charge in [-0.25, -0.2) is 9.59 Å². The summed E-state index contributed by atoms with van der Waals surface area (Å²) in [4.78, 5) is 33.1. The SMILES string of the molecule is COC(=O)CCCC[C@H]1SC[C@@H](NC(N)=O)[C@@H]1NC(N)=O. The number of primary amides is 2. The number of ether oxygens (including phenoxy) is 1. The topological polar surface area (TPSA) is 137 Å². The first kappa shape index (κ1) is 17.4. The molecule has 1 aliphatic rings. The summed E-state index contributed by atoms with van der Waals surface area (Å²) in [5.41, 5.74) is 10.3. The maximum Gasteiger partial charge on any atom is 0.312 e. The van der Waals surface area contributed by atoms with Gasteiger partial charge in [-0.2, -0.15) is 11.8 Å². The first-order chi connectivity index (χ1) is 9.93. The molecule has 9 heteroatoms. The van der Waals surface area contributed by atoms with E-state index >= 15 is 0 Å². The Morgan fingerprint density at radius 3 is 2.43 bits per heavy atom. The lowest BCUT2D eigenvalue weighted by Crippen LogP contribution is -2.55. The quantitative estimate of drug-likeness (QED) is 0.384. The molecule has 1 aliphatic heterocycles. The van der Waals surface area contributed by atoms with Crippen molar-refractivity contribution in [3.63, 3.8) is 0 Å². The van der Waals surface area contributed by atoms with Crippen molar-refractivity contribution < 1.29 is 19.1 Å². The third-order valence-electron chi connectivity index (χ3n) is 3.31. The molecule has 8 nitrogen and oxygen atoms in total. The number of hydrogen-bond acceptors (Lipinski definition) is 5. The van der Waals surface area contributed by atoms with Crippen molar-refractivity contribution in [2.75, 3.05) is 12.9 Å². The molecule has 0 aliphatic carbocycles. The summed E-state index contributed by atoms with van der Waals surface area (Å²) in [6.07, 6.45) is 2.74. The molecule has 1 heterocycles. The number of methoxy groups -OCH3 is 1. The van der Waals surface area contributed by atoms with Crippen LogP contribution in [-0.2, 0) is 9.53 Å². The Bertz CT molecular complexity index is 393. The van der Waals surface area contributed by atoms with Gasteiger partial charge in [-0.1, -0.05) is 6.42 Å². The third kappa shape index (κ3) is 6.11. The van der Waals surface area contributed by atoms with Gasteiger partial charge in [0.1, 0.15) is 0 Å². The normalized spacial score (nSPS) is 24.3. The van der Waals surface area contributed by atoms with Crippen LogP contribution >= 0.6 is 11.8 Å². The molecular formula is C12H22N4O4S. The molecule has 120 valence electrons. The van der Waals surface area contributed by atoms with Gasteiger partial charge in [-0.3, -0.25) is 4.79 Å². The van der Waals surface area contributed by atoms with E-state index in [1.807, 2.05) is 0 Å². The largest absolute Gasteiger partial charge is 0.469 e. The summed E-state index contributed by atoms with van der Waals surface area (Å²) in [6.45, 7) is 0. The van der Waals surface area contributed by atoms with Crippen LogP contribution in [0.5, 0.6) is 0 Å². The van der Waals surface area contributed by atoms with Gasteiger partial charge in [0.25, 0.3) is 0 Å². The molecule has 21 heavy (non-hydrogen) atoms. The fourth-order valence-electron chi connectivity index (χ4n) is 2.35. The zero-order chi connectivity index (χ0) is 15.8. The minimum atomic E-state index is -0.627. The Morgan fingerprint density at radius 2 is 1.86 bits per heavy atom. The Hall–Kier alpha value is -1.64. The van der Waals surface area contributed by atoms with Crippen molar-refractivity contribution in [2.24, 2.45) is 11.5 Å². The summed E-state index contributed by atoms with van der Waals surface area (Å²) < 4.78 is 4.58. The van der Waals surface area contributed by atoms with Crippen molar-refractivity contribution >= 4 is 29.8 Å². The molecule has 1 fully saturated rings. The van der Waals surface area contributed by atoms with Crippen molar-refractivity contribution in [1.82, 2.24) is 10.6 Å². The Morgan fingerprint density at radius 1 is 1.19 bits per heavy atom. The predicted octanol–water partition coefficient (Wildman–Crippen LogP) is -0.0910. The molecule has 0 bridgehead atoms. The lowest BCUT2D eigenvalue weighted by molar-refractivity contribution is -0.140. The van der Waals surface area contributed by atoms with Crippen molar-refractivity contribution in [3.8, 4) is 0 Å². The second-order valence-electron chi connectivity index (χ2n) is 4.84. The lowest BCUT2D eigenvalue weighted by atomic mass is 10.0. The molecule has 6 N–H and O–H groups in total. The van der Waals surface area contributed by atoms with Crippen LogP contribution < -0.4 is 22.1 Å². The van der Waals surface area contributed by atoms with E-state index in [2.05, 4.69) is 15.4 Å². The summed E-state index contributed by atoms with van der Waals surface area (Å²) in [5.74, 6) is 0.435. The van der Waals surface area contributed by atoms with Crippen LogP contribution in [0.25, 0.3) is 0 Å². The lowest BCUT2D eigenvalue weighted by Gasteiger charge is -2.24. The maximum absolute atomic E-state index is 11.1. The number of hydrogen-bond donors (Lipinski definition) is 4. The van der Waals surface area contributed by atoms with E-state index in [0.717, 1.165) is 19.3 Å². The summed E-state index contributed by atoms with van der Waals surface area (Å²) in [6, 6.07) is -1.73. The van der Waals surface area contributed by atoms with E-state index in [1.165, 1.54) is 7.11 Å². The molecule has 0 saturated carbocycles. The Kier molecular flexibility index (Phi) is 7.13. The molecule has 0 spiro atoms. The molecule has 0 aromatic carbocycles. The fourth-order valence-corrected chi connectivity index (χ4v) is 3.89. The van der Waals surface area contributed by atoms with E-state index in [9.17, 15) is 14.4 Å². The van der Waals surface area contributed by atoms with Crippen LogP contribution in [-0.4, -0.2) is 48.2 Å². The number of esters is 1. The minimum Gasteiger partial charge on any atom is -0.469 e. The number of carbonyl (C=O) groups excluding carboxylic acids is 3. The van der Waals surface area contributed by atoms with Gasteiger partial charge in [0.05, 0.1) is 19.2 Å². The standard InChI is InChI=1S/C12H22N4O4S/c1-20-9(17)5-3-2-4-8-10(16-12(14)19)7(6-21-8)15-11(13)18/h7-8,10H,2-6H2,1H3,(H3,13,15,18)(H3,14,16,19)/t7-,8-,10+/m1/s1. The van der Waals surface area contributed by atoms with Gasteiger partial charge in [0.2, 0.25) is 0 Å². The highest BCUT2D eigenvalue weighted by molar-refractivity contribution is 8.00. The van der Waals surface area contributed by atoms with Crippen LogP contribution in [0, 0.1) is 0 Å². The highest BCUT2D eigenvalue weighted by Crippen LogP contribution is 2.31. The van der Waals surface area contributed by atoms with Gasteiger partial charge in [0, 0.05) is 17.4 Å². The van der Waals surface area contributed by atoms with Gasteiger partial charge >= 0.3 is 18.0 Å². The number of amides is 4. The van der Waals surface area contributed by atoms with Crippen LogP contribution in [0.4, 0.5) is 9.59 Å². The number of nitrogens with one attached hydrogen (secondary N) is 2. The van der Waals surface area contributed by atoms with Gasteiger partial charge in [0.15, 0.2) is 0 Å². The summed E-state index contributed by atoms with van der Waals surface area (Å²) in [7, 11) is 1.36. The number of thioether (sulfide) groups is 1. The number of unbranched alkanes of at least 4 members (excludes halogenated alkanes) is 1. The molecule has 3 atom stereocenters. The Balaban J connectivity index is 2.45. The third-order valence-corrected chi connectivity index (χ3v) is 4.82. The monoisotopic (exact) mass is 318 g/mol. The van der Waals surface area contributed by atoms with Crippen molar-refractivity contribution in [2.45, 2.75) is 43.0 Å². The average molecular weight is 318 g/mol. The molecule has 1 saturated heterocycles. The van der Waals surface area contributed by atoms with E-state index < -0.39 is 12.1 Å². The summed E-state index contributed by atoms with van der Waals surface area (Å²) in [5, 5.41) is 5.41. The van der Waals surface area contributed by atoms with Gasteiger partial charge < -0.3 is 26.8 Å². The van der Waals surface area contributed by atoms with E-state index in [1.54, 1.807) is 11.8 Å². The molecule has 0 aromatic rings. The first-order valence-corrected chi connectivity index (χ1v) is 7.79. The first-order valence-electron chi connectivity index (χ1n) is 6.74. The zero-order valence-electron chi connectivity index (χ0n) is 12.0. The van der Waals surface area contributed by atoms with Crippen molar-refractivity contribution in [3.05, 3.63) is 0 Å². The molecule has 0 unspecified atom stereocenters. The molecule has 0 radical (unpaired) electrons. The molecule has 4 amide bonds. The van der Waals surface area contributed by atoms with E-state index in [-0.39, 0.29) is 23.3 Å². The van der Waals surface area contributed by atoms with Crippen molar-refractivity contribution in [1.29, 1.82) is 0 Å². The number of urea groups is 2. The second kappa shape index (κ2) is 8.60. The highest BCUT2D eigenvalue weighted by atomic mass is 32.2. The average Bonchev–Trinajstić information content (AvgIpc) is 2.75. The van der Waals surface area contributed by atoms with Crippen LogP contribution in [0.15, 0.2) is 0 Å². The zero-order valence-corrected chi connectivity index (χ0v) is 12.8. The van der Waals surface area contributed by atoms with Crippen LogP contribution in [0.3, 0.4) is 0 Å². The Labute approximate surface area is 127 Å². The van der Waals surface area contributed by atoms with E-state index in [4.69, 9.17) is 11.5 Å². The second-order valence-corrected chi connectivity index (χ2v) is 6.12. The number of rotatable bonds is 7. The number of carbonyl (C=O) groups is 3. The molecular weight excluding hydrogens is 296 g/mol. The highest BCUT2D eigenvalue weighted by Gasteiger charge is 2.37. The van der Waals surface area contributed by atoms with Gasteiger partial charge in [-0.05, 0) is 12.8 Å². The maximum atomic E-state index is 11.1. The number of nitrogens with two attached hydrogens (primary N) is 2. The minimum absolute atomic E-state index is 0.131. The smallest absolute Gasteiger partial charge is 0.312 e. The molecule has 1 rings (SSSR count). The van der Waals surface area contributed by atoms with Crippen LogP contribution in [0.2, 0.25) is 0 Å². The van der Waals surface area contributed by atoms with Gasteiger partial charge in [-0.15, -0.1) is 0 Å². The van der Waals surface area contributed by atoms with E-state index in [0.29, 0.717) is 12.2 Å². The predicted molar refractivity (Wildman–Crippen MR) is 79.7 cm³/mol. The summed E-state index contributed by atoms with van der Waals surface area (Å²) >= 11 is 1.65. The van der Waals surface area contributed by atoms with Crippen LogP contribution in [0.1, 0.15) is 25.7 Å². The fraction of sp³-hybridized carbons (Fsp3) is 0.750. The molecule has 0 aromatic heterocycles.